The van der Waals surface area contributed by atoms with Crippen LogP contribution in [0.2, 0.25) is 0 Å². The summed E-state index contributed by atoms with van der Waals surface area (Å²) in [4.78, 5) is 0. The predicted molar refractivity (Wildman–Crippen MR) is 274 cm³/mol. The molecule has 0 bridgehead atoms. The molecule has 0 radical (unpaired) electrons. The first-order chi connectivity index (χ1) is 30.5. The van der Waals surface area contributed by atoms with Crippen molar-refractivity contribution in [1.29, 1.82) is 0 Å². The summed E-state index contributed by atoms with van der Waals surface area (Å²) in [5.41, 5.74) is 11.7. The Hall–Kier alpha value is -5.35. The molecule has 1 unspecified atom stereocenters. The summed E-state index contributed by atoms with van der Waals surface area (Å²) >= 11 is 0. The van der Waals surface area contributed by atoms with Crippen LogP contribution in [-0.4, -0.2) is 14.2 Å². The molecular formula is C56H65NO6P2. The second kappa shape index (κ2) is 16.8. The summed E-state index contributed by atoms with van der Waals surface area (Å²) in [5.74, 6) is 2.98. The highest BCUT2D eigenvalue weighted by molar-refractivity contribution is 7.63. The molecule has 0 spiro atoms. The average molecular weight is 910 g/mol. The number of rotatable bonds is 7. The van der Waals surface area contributed by atoms with Gasteiger partial charge >= 0.3 is 8.24 Å². The molecule has 7 nitrogen and oxygen atoms in total. The van der Waals surface area contributed by atoms with Crippen molar-refractivity contribution in [2.75, 3.05) is 19.3 Å². The molecule has 9 heteroatoms. The normalized spacial score (nSPS) is 14.1. The summed E-state index contributed by atoms with van der Waals surface area (Å²) in [6.07, 6.45) is 0. The minimum absolute atomic E-state index is 0.268. The van der Waals surface area contributed by atoms with Crippen molar-refractivity contribution in [3.05, 3.63) is 130 Å². The monoisotopic (exact) mass is 909 g/mol. The van der Waals surface area contributed by atoms with Gasteiger partial charge in [-0.25, -0.2) is 0 Å². The van der Waals surface area contributed by atoms with E-state index in [4.69, 9.17) is 26.9 Å². The zero-order valence-corrected chi connectivity index (χ0v) is 42.9. The largest absolute Gasteiger partial charge is 0.497 e. The van der Waals surface area contributed by atoms with Crippen LogP contribution in [0.3, 0.4) is 0 Å². The molecule has 0 saturated carbocycles. The predicted octanol–water partition coefficient (Wildman–Crippen LogP) is 16.7. The lowest BCUT2D eigenvalue weighted by Gasteiger charge is -2.33. The highest BCUT2D eigenvalue weighted by atomic mass is 31.2. The fourth-order valence-corrected chi connectivity index (χ4v) is 11.6. The standard InChI is InChI=1S/C56H65NO6P2/c1-33-25-39(49(43(27-33)53(3,4)5)60-64-48-24-20-18-22-38(48)37-21-17-19-23-47(37)57-64)40-26-34(2)28-44(54(6,7)8)50(40)61-65-62-51-41(29-35(58-15)31-45(51)55(9,10)11)42-30-36(59-16)32-46(52(42)63-65)56(12,13)14/h17-32,57H,1-16H3. The first-order valence-electron chi connectivity index (χ1n) is 22.5. The van der Waals surface area contributed by atoms with Crippen molar-refractivity contribution in [3.8, 4) is 45.3 Å². The van der Waals surface area contributed by atoms with Gasteiger partial charge in [-0.3, -0.25) is 0 Å². The Morgan fingerprint density at radius 3 is 1.35 bits per heavy atom. The van der Waals surface area contributed by atoms with Crippen LogP contribution in [0, 0.1) is 13.8 Å². The third-order valence-electron chi connectivity index (χ3n) is 12.1. The highest BCUT2D eigenvalue weighted by Crippen LogP contribution is 2.55. The van der Waals surface area contributed by atoms with E-state index in [0.717, 1.165) is 83.5 Å². The van der Waals surface area contributed by atoms with Crippen LogP contribution in [0.1, 0.15) is 116 Å². The maximum absolute atomic E-state index is 7.53. The van der Waals surface area contributed by atoms with E-state index in [1.54, 1.807) is 14.2 Å². The SMILES string of the molecule is COc1cc(C(C)(C)C)c2op(Oc3c(-c4cc(C)cc(C(C)(C)C)c4OP4Nc5ccccc5-c5ccccc54)cc(C)cc3C(C)(C)C)oc3c(C(C)(C)C)cc(OC)cc3c2c1. The molecule has 0 amide bonds. The number of hydrogen-bond donors (Lipinski definition) is 1. The van der Waals surface area contributed by atoms with Gasteiger partial charge in [0.15, 0.2) is 0 Å². The molecule has 8 rings (SSSR count). The lowest BCUT2D eigenvalue weighted by molar-refractivity contribution is 0.413. The zero-order valence-electron chi connectivity index (χ0n) is 41.1. The number of anilines is 1. The summed E-state index contributed by atoms with van der Waals surface area (Å²) in [7, 11) is -0.0827. The lowest BCUT2D eigenvalue weighted by atomic mass is 9.80. The summed E-state index contributed by atoms with van der Waals surface area (Å²) in [6.45, 7) is 30.9. The Morgan fingerprint density at radius 2 is 0.892 bits per heavy atom. The maximum Gasteiger partial charge on any atom is 0.453 e. The van der Waals surface area contributed by atoms with Gasteiger partial charge in [0, 0.05) is 60.7 Å². The van der Waals surface area contributed by atoms with Crippen LogP contribution in [0.4, 0.5) is 5.69 Å². The zero-order chi connectivity index (χ0) is 47.0. The molecule has 340 valence electrons. The average Bonchev–Trinajstić information content (AvgIpc) is 3.38. The minimum atomic E-state index is -2.14. The van der Waals surface area contributed by atoms with E-state index in [2.05, 4.69) is 187 Å². The van der Waals surface area contributed by atoms with Gasteiger partial charge < -0.3 is 32.0 Å². The quantitative estimate of drug-likeness (QED) is 0.160. The van der Waals surface area contributed by atoms with Gasteiger partial charge in [-0.05, 0) is 101 Å². The van der Waals surface area contributed by atoms with E-state index in [-0.39, 0.29) is 21.7 Å². The van der Waals surface area contributed by atoms with Gasteiger partial charge in [0.25, 0.3) is 0 Å². The summed E-state index contributed by atoms with van der Waals surface area (Å²) < 4.78 is 41.4. The molecule has 2 heterocycles. The van der Waals surface area contributed by atoms with Crippen molar-refractivity contribution in [1.82, 2.24) is 0 Å². The first-order valence-corrected chi connectivity index (χ1v) is 24.8. The van der Waals surface area contributed by atoms with Crippen molar-refractivity contribution in [2.24, 2.45) is 0 Å². The first kappa shape index (κ1) is 46.2. The van der Waals surface area contributed by atoms with Gasteiger partial charge in [0.05, 0.1) is 14.2 Å². The Bertz CT molecular complexity index is 2930. The van der Waals surface area contributed by atoms with E-state index >= 15 is 0 Å². The highest BCUT2D eigenvalue weighted by Gasteiger charge is 2.34. The third kappa shape index (κ3) is 9.00. The van der Waals surface area contributed by atoms with E-state index in [9.17, 15) is 0 Å². The van der Waals surface area contributed by atoms with Crippen molar-refractivity contribution in [3.63, 3.8) is 0 Å². The number of aryl methyl sites for hydroxylation is 2. The third-order valence-corrected chi connectivity index (χ3v) is 14.7. The Morgan fingerprint density at radius 1 is 0.462 bits per heavy atom. The number of hydrogen-bond acceptors (Lipinski definition) is 7. The molecule has 0 aliphatic carbocycles. The van der Waals surface area contributed by atoms with E-state index in [1.807, 2.05) is 12.1 Å². The van der Waals surface area contributed by atoms with E-state index in [1.165, 1.54) is 11.1 Å². The molecule has 0 fully saturated rings. The molecule has 1 aliphatic heterocycles. The fourth-order valence-electron chi connectivity index (χ4n) is 8.72. The number of para-hydroxylation sites is 1. The molecule has 1 atom stereocenters. The van der Waals surface area contributed by atoms with E-state index in [0.29, 0.717) is 16.9 Å². The fraction of sp³-hybridized carbons (Fsp3) is 0.357. The van der Waals surface area contributed by atoms with Crippen LogP contribution in [-0.2, 0) is 21.7 Å². The topological polar surface area (TPSA) is 75.2 Å². The van der Waals surface area contributed by atoms with Crippen LogP contribution in [0.5, 0.6) is 23.0 Å². The Kier molecular flexibility index (Phi) is 12.0. The molecule has 1 aromatic heterocycles. The molecule has 7 aromatic rings. The molecule has 1 N–H and O–H groups in total. The molecular weight excluding hydrogens is 845 g/mol. The van der Waals surface area contributed by atoms with Crippen LogP contribution >= 0.6 is 16.5 Å². The molecule has 0 saturated heterocycles. The maximum atomic E-state index is 7.53. The summed E-state index contributed by atoms with van der Waals surface area (Å²) in [5, 5.41) is 6.69. The Labute approximate surface area is 388 Å². The second-order valence-corrected chi connectivity index (χ2v) is 24.0. The number of benzene rings is 6. The lowest BCUT2D eigenvalue weighted by Crippen LogP contribution is -2.21. The summed E-state index contributed by atoms with van der Waals surface area (Å²) in [6, 6.07) is 34.3. The molecule has 6 aromatic carbocycles. The smallest absolute Gasteiger partial charge is 0.453 e. The van der Waals surface area contributed by atoms with Crippen molar-refractivity contribution < 1.29 is 26.9 Å². The van der Waals surface area contributed by atoms with Crippen molar-refractivity contribution >= 4 is 49.5 Å². The second-order valence-electron chi connectivity index (χ2n) is 21.5. The number of fused-ring (bicyclic) bond motifs is 6. The van der Waals surface area contributed by atoms with Gasteiger partial charge in [0.1, 0.15) is 34.2 Å². The number of ether oxygens (including phenoxy) is 2. The van der Waals surface area contributed by atoms with Gasteiger partial charge in [-0.15, -0.1) is 0 Å². The van der Waals surface area contributed by atoms with Crippen molar-refractivity contribution in [2.45, 2.75) is 119 Å². The van der Waals surface area contributed by atoms with Gasteiger partial charge in [-0.2, -0.15) is 0 Å². The molecule has 1 aliphatic rings. The van der Waals surface area contributed by atoms with Crippen LogP contribution in [0.15, 0.2) is 105 Å². The van der Waals surface area contributed by atoms with Crippen LogP contribution < -0.4 is 28.9 Å². The number of methoxy groups -OCH3 is 2. The molecule has 65 heavy (non-hydrogen) atoms. The van der Waals surface area contributed by atoms with Crippen LogP contribution in [0.25, 0.3) is 44.2 Å². The minimum Gasteiger partial charge on any atom is -0.497 e. The Balaban J connectivity index is 1.45. The van der Waals surface area contributed by atoms with Gasteiger partial charge in [-0.1, -0.05) is 132 Å². The number of nitrogens with one attached hydrogen (secondary N) is 1. The van der Waals surface area contributed by atoms with Gasteiger partial charge in [0.2, 0.25) is 8.30 Å². The van der Waals surface area contributed by atoms with E-state index < -0.39 is 16.5 Å².